The van der Waals surface area contributed by atoms with E-state index in [9.17, 15) is 4.79 Å². The smallest absolute Gasteiger partial charge is 0.262 e. The van der Waals surface area contributed by atoms with E-state index in [1.807, 2.05) is 24.3 Å². The monoisotopic (exact) mass is 412 g/mol. The molecule has 0 atom stereocenters. The molecule has 3 aromatic carbocycles. The number of para-hydroxylation sites is 2. The van der Waals surface area contributed by atoms with Gasteiger partial charge in [0, 0.05) is 10.6 Å². The first-order chi connectivity index (χ1) is 13.6. The first-order valence-corrected chi connectivity index (χ1v) is 9.18. The Balaban J connectivity index is 1.49. The Labute approximate surface area is 170 Å². The van der Waals surface area contributed by atoms with Gasteiger partial charge in [-0.3, -0.25) is 4.79 Å². The molecule has 1 N–H and O–H groups in total. The Morgan fingerprint density at radius 2 is 1.82 bits per heavy atom. The largest absolute Gasteiger partial charge is 0.484 e. The van der Waals surface area contributed by atoms with Gasteiger partial charge < -0.3 is 14.5 Å². The van der Waals surface area contributed by atoms with Gasteiger partial charge in [0.15, 0.2) is 12.2 Å². The van der Waals surface area contributed by atoms with Crippen molar-refractivity contribution in [2.24, 2.45) is 0 Å². The summed E-state index contributed by atoms with van der Waals surface area (Å²) in [7, 11) is 0. The number of nitrogens with zero attached hydrogens (tertiary/aromatic N) is 1. The Bertz CT molecular complexity index is 1110. The molecule has 28 heavy (non-hydrogen) atoms. The lowest BCUT2D eigenvalue weighted by atomic mass is 10.2. The average molecular weight is 413 g/mol. The number of ether oxygens (including phenoxy) is 1. The molecular formula is C21H14Cl2N2O3. The SMILES string of the molecule is O=C(COc1ccc(Cl)cc1)Nc1cc(-c2nc3ccccc3o2)ccc1Cl. The standard InChI is InChI=1S/C21H14Cl2N2O3/c22-14-6-8-15(9-7-14)27-12-20(26)24-18-11-13(5-10-16(18)23)21-25-17-3-1-2-4-19(17)28-21/h1-11H,12H2,(H,24,26). The third kappa shape index (κ3) is 4.11. The molecule has 0 fully saturated rings. The number of hydrogen-bond acceptors (Lipinski definition) is 4. The lowest BCUT2D eigenvalue weighted by molar-refractivity contribution is -0.118. The highest BCUT2D eigenvalue weighted by molar-refractivity contribution is 6.33. The number of rotatable bonds is 5. The van der Waals surface area contributed by atoms with E-state index in [0.717, 1.165) is 5.52 Å². The Hall–Kier alpha value is -3.02. The fourth-order valence-corrected chi connectivity index (χ4v) is 2.91. The second kappa shape index (κ2) is 7.92. The summed E-state index contributed by atoms with van der Waals surface area (Å²) in [6, 6.07) is 19.4. The van der Waals surface area contributed by atoms with Gasteiger partial charge in [-0.25, -0.2) is 4.98 Å². The lowest BCUT2D eigenvalue weighted by Crippen LogP contribution is -2.20. The Morgan fingerprint density at radius 3 is 2.61 bits per heavy atom. The third-order valence-corrected chi connectivity index (χ3v) is 4.55. The first kappa shape index (κ1) is 18.3. The number of halogens is 2. The van der Waals surface area contributed by atoms with E-state index in [1.54, 1.807) is 42.5 Å². The molecule has 0 unspecified atom stereocenters. The van der Waals surface area contributed by atoms with Crippen molar-refractivity contribution < 1.29 is 13.9 Å². The molecule has 0 aliphatic heterocycles. The molecule has 0 aliphatic rings. The number of carbonyl (C=O) groups excluding carboxylic acids is 1. The topological polar surface area (TPSA) is 64.4 Å². The van der Waals surface area contributed by atoms with E-state index in [0.29, 0.717) is 38.5 Å². The van der Waals surface area contributed by atoms with Crippen LogP contribution in [0.15, 0.2) is 71.1 Å². The molecule has 5 nitrogen and oxygen atoms in total. The Morgan fingerprint density at radius 1 is 1.04 bits per heavy atom. The molecule has 140 valence electrons. The minimum Gasteiger partial charge on any atom is -0.484 e. The van der Waals surface area contributed by atoms with Gasteiger partial charge in [-0.15, -0.1) is 0 Å². The second-order valence-corrected chi connectivity index (χ2v) is 6.82. The van der Waals surface area contributed by atoms with Gasteiger partial charge in [-0.1, -0.05) is 35.3 Å². The van der Waals surface area contributed by atoms with Gasteiger partial charge in [0.05, 0.1) is 10.7 Å². The highest BCUT2D eigenvalue weighted by atomic mass is 35.5. The highest BCUT2D eigenvalue weighted by Crippen LogP contribution is 2.30. The van der Waals surface area contributed by atoms with Crippen molar-refractivity contribution in [1.29, 1.82) is 0 Å². The van der Waals surface area contributed by atoms with Crippen molar-refractivity contribution in [3.8, 4) is 17.2 Å². The minimum atomic E-state index is -0.341. The van der Waals surface area contributed by atoms with Crippen LogP contribution in [0.3, 0.4) is 0 Å². The van der Waals surface area contributed by atoms with E-state index < -0.39 is 0 Å². The predicted molar refractivity (Wildman–Crippen MR) is 110 cm³/mol. The van der Waals surface area contributed by atoms with E-state index >= 15 is 0 Å². The quantitative estimate of drug-likeness (QED) is 0.448. The van der Waals surface area contributed by atoms with Crippen molar-refractivity contribution in [2.45, 2.75) is 0 Å². The normalized spacial score (nSPS) is 10.8. The minimum absolute atomic E-state index is 0.162. The van der Waals surface area contributed by atoms with Gasteiger partial charge in [-0.05, 0) is 54.6 Å². The average Bonchev–Trinajstić information content (AvgIpc) is 3.13. The van der Waals surface area contributed by atoms with Gasteiger partial charge in [-0.2, -0.15) is 0 Å². The number of anilines is 1. The summed E-state index contributed by atoms with van der Waals surface area (Å²) in [5.41, 5.74) is 2.60. The molecule has 4 rings (SSSR count). The molecule has 0 spiro atoms. The molecular weight excluding hydrogens is 399 g/mol. The number of aromatic nitrogens is 1. The highest BCUT2D eigenvalue weighted by Gasteiger charge is 2.12. The van der Waals surface area contributed by atoms with Crippen LogP contribution in [-0.2, 0) is 4.79 Å². The van der Waals surface area contributed by atoms with E-state index in [4.69, 9.17) is 32.4 Å². The van der Waals surface area contributed by atoms with Gasteiger partial charge >= 0.3 is 0 Å². The fraction of sp³-hybridized carbons (Fsp3) is 0.0476. The molecule has 0 aliphatic carbocycles. The number of benzene rings is 3. The van der Waals surface area contributed by atoms with Crippen LogP contribution in [0.4, 0.5) is 5.69 Å². The van der Waals surface area contributed by atoms with Crippen LogP contribution >= 0.6 is 23.2 Å². The fourth-order valence-electron chi connectivity index (χ4n) is 2.62. The van der Waals surface area contributed by atoms with Gasteiger partial charge in [0.2, 0.25) is 5.89 Å². The molecule has 1 amide bonds. The number of fused-ring (bicyclic) bond motifs is 1. The van der Waals surface area contributed by atoms with Crippen molar-refractivity contribution >= 4 is 45.9 Å². The summed E-state index contributed by atoms with van der Waals surface area (Å²) in [5, 5.41) is 3.74. The van der Waals surface area contributed by atoms with Crippen molar-refractivity contribution in [2.75, 3.05) is 11.9 Å². The van der Waals surface area contributed by atoms with Crippen LogP contribution in [0.5, 0.6) is 5.75 Å². The van der Waals surface area contributed by atoms with Crippen LogP contribution in [0.1, 0.15) is 0 Å². The van der Waals surface area contributed by atoms with Crippen molar-refractivity contribution in [3.63, 3.8) is 0 Å². The molecule has 0 saturated heterocycles. The molecule has 4 aromatic rings. The van der Waals surface area contributed by atoms with Crippen LogP contribution in [0, 0.1) is 0 Å². The number of oxazole rings is 1. The van der Waals surface area contributed by atoms with E-state index in [2.05, 4.69) is 10.3 Å². The summed E-state index contributed by atoms with van der Waals surface area (Å²) in [4.78, 5) is 16.7. The van der Waals surface area contributed by atoms with Gasteiger partial charge in [0.1, 0.15) is 11.3 Å². The lowest BCUT2D eigenvalue weighted by Gasteiger charge is -2.10. The number of carbonyl (C=O) groups is 1. The van der Waals surface area contributed by atoms with Crippen LogP contribution < -0.4 is 10.1 Å². The molecule has 0 bridgehead atoms. The van der Waals surface area contributed by atoms with Crippen molar-refractivity contribution in [1.82, 2.24) is 4.98 Å². The molecule has 1 heterocycles. The third-order valence-electron chi connectivity index (χ3n) is 3.96. The predicted octanol–water partition coefficient (Wildman–Crippen LogP) is 5.82. The van der Waals surface area contributed by atoms with E-state index in [1.165, 1.54) is 0 Å². The molecule has 0 saturated carbocycles. The summed E-state index contributed by atoms with van der Waals surface area (Å²) in [5.74, 6) is 0.656. The molecule has 0 radical (unpaired) electrons. The van der Waals surface area contributed by atoms with Crippen molar-refractivity contribution in [3.05, 3.63) is 76.8 Å². The number of nitrogens with one attached hydrogen (secondary N) is 1. The molecule has 1 aromatic heterocycles. The maximum Gasteiger partial charge on any atom is 0.262 e. The zero-order chi connectivity index (χ0) is 19.5. The summed E-state index contributed by atoms with van der Waals surface area (Å²) < 4.78 is 11.2. The van der Waals surface area contributed by atoms with Gasteiger partial charge in [0.25, 0.3) is 5.91 Å². The maximum atomic E-state index is 12.2. The van der Waals surface area contributed by atoms with E-state index in [-0.39, 0.29) is 12.5 Å². The second-order valence-electron chi connectivity index (χ2n) is 5.97. The summed E-state index contributed by atoms with van der Waals surface area (Å²) in [6.45, 7) is -0.162. The summed E-state index contributed by atoms with van der Waals surface area (Å²) in [6.07, 6.45) is 0. The maximum absolute atomic E-state index is 12.2. The summed E-state index contributed by atoms with van der Waals surface area (Å²) >= 11 is 12.0. The zero-order valence-electron chi connectivity index (χ0n) is 14.5. The number of hydrogen-bond donors (Lipinski definition) is 1. The Kier molecular flexibility index (Phi) is 5.19. The van der Waals surface area contributed by atoms with Crippen LogP contribution in [0.25, 0.3) is 22.6 Å². The van der Waals surface area contributed by atoms with Crippen LogP contribution in [0.2, 0.25) is 10.0 Å². The molecule has 7 heteroatoms. The number of amides is 1. The zero-order valence-corrected chi connectivity index (χ0v) is 16.0. The first-order valence-electron chi connectivity index (χ1n) is 8.42. The van der Waals surface area contributed by atoms with Crippen LogP contribution in [-0.4, -0.2) is 17.5 Å².